The summed E-state index contributed by atoms with van der Waals surface area (Å²) in [7, 11) is 2.08. The minimum absolute atomic E-state index is 0.279. The average Bonchev–Trinajstić information content (AvgIpc) is 2.50. The molecular formula is C11H17NOS. The standard InChI is InChI=1S/C11H17NOS/c1-9-6-8-14-11(9)12(3)7-4-5-10(2)13/h6,8H,4-5,7H2,1-3H3. The number of anilines is 1. The summed E-state index contributed by atoms with van der Waals surface area (Å²) in [6.45, 7) is 4.73. The molecule has 0 amide bonds. The van der Waals surface area contributed by atoms with Crippen LogP contribution in [0.5, 0.6) is 0 Å². The van der Waals surface area contributed by atoms with Crippen LogP contribution in [0.25, 0.3) is 0 Å². The van der Waals surface area contributed by atoms with Gasteiger partial charge in [0.15, 0.2) is 0 Å². The molecule has 0 spiro atoms. The lowest BCUT2D eigenvalue weighted by molar-refractivity contribution is -0.117. The highest BCUT2D eigenvalue weighted by molar-refractivity contribution is 7.14. The van der Waals surface area contributed by atoms with E-state index in [-0.39, 0.29) is 5.78 Å². The fraction of sp³-hybridized carbons (Fsp3) is 0.545. The van der Waals surface area contributed by atoms with Gasteiger partial charge >= 0.3 is 0 Å². The largest absolute Gasteiger partial charge is 0.366 e. The smallest absolute Gasteiger partial charge is 0.129 e. The van der Waals surface area contributed by atoms with E-state index in [9.17, 15) is 4.79 Å². The number of rotatable bonds is 5. The summed E-state index contributed by atoms with van der Waals surface area (Å²) >= 11 is 1.76. The molecule has 0 aliphatic carbocycles. The minimum Gasteiger partial charge on any atom is -0.366 e. The maximum absolute atomic E-state index is 10.8. The first-order valence-electron chi connectivity index (χ1n) is 4.86. The van der Waals surface area contributed by atoms with Gasteiger partial charge in [0.25, 0.3) is 0 Å². The van der Waals surface area contributed by atoms with Crippen LogP contribution in [0, 0.1) is 6.92 Å². The lowest BCUT2D eigenvalue weighted by atomic mass is 10.2. The zero-order valence-corrected chi connectivity index (χ0v) is 9.86. The van der Waals surface area contributed by atoms with Crippen LogP contribution < -0.4 is 4.90 Å². The maximum atomic E-state index is 10.8. The second-order valence-electron chi connectivity index (χ2n) is 3.64. The third kappa shape index (κ3) is 3.14. The van der Waals surface area contributed by atoms with E-state index in [0.717, 1.165) is 13.0 Å². The van der Waals surface area contributed by atoms with Gasteiger partial charge in [-0.25, -0.2) is 0 Å². The van der Waals surface area contributed by atoms with Crippen LogP contribution in [0.3, 0.4) is 0 Å². The number of hydrogen-bond donors (Lipinski definition) is 0. The van der Waals surface area contributed by atoms with Crippen LogP contribution in [-0.2, 0) is 4.79 Å². The van der Waals surface area contributed by atoms with E-state index >= 15 is 0 Å². The molecule has 0 aromatic carbocycles. The van der Waals surface area contributed by atoms with Crippen LogP contribution in [-0.4, -0.2) is 19.4 Å². The number of thiophene rings is 1. The second-order valence-corrected chi connectivity index (χ2v) is 4.53. The van der Waals surface area contributed by atoms with E-state index in [1.165, 1.54) is 10.6 Å². The van der Waals surface area contributed by atoms with Crippen LogP contribution in [0.15, 0.2) is 11.4 Å². The normalized spacial score (nSPS) is 10.2. The summed E-state index contributed by atoms with van der Waals surface area (Å²) in [6, 6.07) is 2.13. The van der Waals surface area contributed by atoms with E-state index in [1.807, 2.05) is 0 Å². The first-order chi connectivity index (χ1) is 6.61. The van der Waals surface area contributed by atoms with Gasteiger partial charge in [0.2, 0.25) is 0 Å². The molecule has 0 unspecified atom stereocenters. The predicted molar refractivity (Wildman–Crippen MR) is 62.2 cm³/mol. The molecule has 0 N–H and O–H groups in total. The molecule has 0 atom stereocenters. The Hall–Kier alpha value is -0.830. The topological polar surface area (TPSA) is 20.3 Å². The molecule has 0 bridgehead atoms. The molecule has 0 aliphatic heterocycles. The van der Waals surface area contributed by atoms with Gasteiger partial charge in [-0.2, -0.15) is 0 Å². The van der Waals surface area contributed by atoms with Crippen molar-refractivity contribution in [2.24, 2.45) is 0 Å². The molecule has 0 saturated carbocycles. The van der Waals surface area contributed by atoms with Crippen molar-refractivity contribution in [3.63, 3.8) is 0 Å². The van der Waals surface area contributed by atoms with Gasteiger partial charge in [-0.3, -0.25) is 0 Å². The number of carbonyl (C=O) groups excluding carboxylic acids is 1. The van der Waals surface area contributed by atoms with Crippen molar-refractivity contribution >= 4 is 22.1 Å². The van der Waals surface area contributed by atoms with Gasteiger partial charge in [0.1, 0.15) is 5.78 Å². The molecule has 1 aromatic rings. The molecule has 0 saturated heterocycles. The van der Waals surface area contributed by atoms with Crippen molar-refractivity contribution in [2.45, 2.75) is 26.7 Å². The Morgan fingerprint density at radius 1 is 1.57 bits per heavy atom. The zero-order chi connectivity index (χ0) is 10.6. The van der Waals surface area contributed by atoms with Crippen LogP contribution >= 0.6 is 11.3 Å². The molecule has 2 nitrogen and oxygen atoms in total. The Labute approximate surface area is 89.5 Å². The third-order valence-corrected chi connectivity index (χ3v) is 3.33. The van der Waals surface area contributed by atoms with Gasteiger partial charge < -0.3 is 9.69 Å². The summed E-state index contributed by atoms with van der Waals surface area (Å²) in [6.07, 6.45) is 1.64. The third-order valence-electron chi connectivity index (χ3n) is 2.20. The Morgan fingerprint density at radius 2 is 2.29 bits per heavy atom. The highest BCUT2D eigenvalue weighted by atomic mass is 32.1. The summed E-state index contributed by atoms with van der Waals surface area (Å²) in [4.78, 5) is 13.0. The lowest BCUT2D eigenvalue weighted by Gasteiger charge is -2.17. The molecule has 78 valence electrons. The molecular weight excluding hydrogens is 194 g/mol. The Bertz CT molecular complexity index is 306. The van der Waals surface area contributed by atoms with E-state index in [4.69, 9.17) is 0 Å². The Morgan fingerprint density at radius 3 is 2.79 bits per heavy atom. The molecule has 3 heteroatoms. The summed E-state index contributed by atoms with van der Waals surface area (Å²) in [5, 5.41) is 3.42. The zero-order valence-electron chi connectivity index (χ0n) is 9.04. The predicted octanol–water partition coefficient (Wildman–Crippen LogP) is 2.86. The van der Waals surface area contributed by atoms with Gasteiger partial charge in [-0.15, -0.1) is 11.3 Å². The van der Waals surface area contributed by atoms with Gasteiger partial charge in [-0.1, -0.05) is 0 Å². The molecule has 0 aliphatic rings. The monoisotopic (exact) mass is 211 g/mol. The number of nitrogens with zero attached hydrogens (tertiary/aromatic N) is 1. The summed E-state index contributed by atoms with van der Waals surface area (Å²) in [5.74, 6) is 0.279. The van der Waals surface area contributed by atoms with E-state index in [1.54, 1.807) is 18.3 Å². The number of carbonyl (C=O) groups is 1. The van der Waals surface area contributed by atoms with Crippen LogP contribution in [0.2, 0.25) is 0 Å². The van der Waals surface area contributed by atoms with Crippen molar-refractivity contribution in [3.8, 4) is 0 Å². The average molecular weight is 211 g/mol. The lowest BCUT2D eigenvalue weighted by Crippen LogP contribution is -2.18. The van der Waals surface area contributed by atoms with Crippen molar-refractivity contribution < 1.29 is 4.79 Å². The molecule has 0 fully saturated rings. The number of Topliss-reactive ketones (excluding diaryl/α,β-unsaturated/α-hetero) is 1. The Kier molecular flexibility index (Phi) is 4.14. The first-order valence-corrected chi connectivity index (χ1v) is 5.74. The van der Waals surface area contributed by atoms with Crippen LogP contribution in [0.4, 0.5) is 5.00 Å². The van der Waals surface area contributed by atoms with Crippen molar-refractivity contribution in [1.29, 1.82) is 0 Å². The maximum Gasteiger partial charge on any atom is 0.129 e. The van der Waals surface area contributed by atoms with Gasteiger partial charge in [0, 0.05) is 20.0 Å². The van der Waals surface area contributed by atoms with E-state index in [2.05, 4.69) is 30.3 Å². The molecule has 1 aromatic heterocycles. The number of hydrogen-bond acceptors (Lipinski definition) is 3. The SMILES string of the molecule is CC(=O)CCCN(C)c1sccc1C. The highest BCUT2D eigenvalue weighted by Gasteiger charge is 2.05. The number of aryl methyl sites for hydroxylation is 1. The van der Waals surface area contributed by atoms with Crippen molar-refractivity contribution in [1.82, 2.24) is 0 Å². The van der Waals surface area contributed by atoms with Crippen molar-refractivity contribution in [2.75, 3.05) is 18.5 Å². The highest BCUT2D eigenvalue weighted by Crippen LogP contribution is 2.25. The second kappa shape index (κ2) is 5.15. The molecule has 1 heterocycles. The van der Waals surface area contributed by atoms with E-state index < -0.39 is 0 Å². The fourth-order valence-electron chi connectivity index (χ4n) is 1.42. The molecule has 1 rings (SSSR count). The van der Waals surface area contributed by atoms with E-state index in [0.29, 0.717) is 6.42 Å². The summed E-state index contributed by atoms with van der Waals surface area (Å²) < 4.78 is 0. The fourth-order valence-corrected chi connectivity index (χ4v) is 2.35. The van der Waals surface area contributed by atoms with Crippen LogP contribution in [0.1, 0.15) is 25.3 Å². The molecule has 0 radical (unpaired) electrons. The van der Waals surface area contributed by atoms with Crippen molar-refractivity contribution in [3.05, 3.63) is 17.0 Å². The summed E-state index contributed by atoms with van der Waals surface area (Å²) in [5.41, 5.74) is 1.32. The first kappa shape index (κ1) is 11.2. The van der Waals surface area contributed by atoms with Gasteiger partial charge in [0.05, 0.1) is 5.00 Å². The minimum atomic E-state index is 0.279. The number of ketones is 1. The molecule has 14 heavy (non-hydrogen) atoms. The van der Waals surface area contributed by atoms with Gasteiger partial charge in [-0.05, 0) is 37.3 Å². The Balaban J connectivity index is 2.39. The quantitative estimate of drug-likeness (QED) is 0.746.